The first-order chi connectivity index (χ1) is 24.4. The zero-order valence-corrected chi connectivity index (χ0v) is 24.2. The molecule has 0 aliphatic heterocycles. The van der Waals surface area contributed by atoms with Gasteiger partial charge in [0.15, 0.2) is 0 Å². The van der Waals surface area contributed by atoms with Crippen LogP contribution in [0.3, 0.4) is 0 Å². The smallest absolute Gasteiger partial charge is 0.143 e. The standard InChI is InChI=1S/C44H28O/c1-3-14-29(15-4-1)31-18-11-19-32(28-31)41-34-20-7-9-22-36(34)42(37-23-10-8-21-35(37)41)38-25-13-27-40-43(38)39-26-12-24-33(44(39)45-40)30-16-5-2-6-17-30/h1-28H/i1D,3D,4D,14D,15D. The Morgan fingerprint density at radius 1 is 0.400 bits per heavy atom. The molecule has 45 heavy (non-hydrogen) atoms. The number of rotatable bonds is 4. The molecule has 0 fully saturated rings. The van der Waals surface area contributed by atoms with E-state index in [2.05, 4.69) is 78.9 Å². The molecule has 8 aromatic carbocycles. The van der Waals surface area contributed by atoms with E-state index in [0.29, 0.717) is 5.56 Å². The largest absolute Gasteiger partial charge is 0.455 e. The molecule has 210 valence electrons. The Morgan fingerprint density at radius 2 is 0.956 bits per heavy atom. The lowest BCUT2D eigenvalue weighted by Crippen LogP contribution is -1.91. The van der Waals surface area contributed by atoms with Crippen molar-refractivity contribution < 1.29 is 11.3 Å². The molecule has 9 aromatic rings. The van der Waals surface area contributed by atoms with Crippen molar-refractivity contribution in [1.29, 1.82) is 0 Å². The van der Waals surface area contributed by atoms with Gasteiger partial charge < -0.3 is 4.42 Å². The molecule has 0 spiro atoms. The summed E-state index contributed by atoms with van der Waals surface area (Å²) in [6, 6.07) is 45.9. The van der Waals surface area contributed by atoms with Crippen LogP contribution in [-0.2, 0) is 0 Å². The van der Waals surface area contributed by atoms with Crippen molar-refractivity contribution >= 4 is 43.5 Å². The van der Waals surface area contributed by atoms with Crippen LogP contribution in [0.4, 0.5) is 0 Å². The molecule has 0 amide bonds. The highest BCUT2D eigenvalue weighted by Crippen LogP contribution is 2.47. The Kier molecular flexibility index (Phi) is 4.81. The van der Waals surface area contributed by atoms with E-state index in [0.717, 1.165) is 76.9 Å². The van der Waals surface area contributed by atoms with Crippen molar-refractivity contribution in [2.75, 3.05) is 0 Å². The minimum atomic E-state index is -0.399. The summed E-state index contributed by atoms with van der Waals surface area (Å²) in [5.41, 5.74) is 8.70. The summed E-state index contributed by atoms with van der Waals surface area (Å²) < 4.78 is 48.5. The molecule has 0 unspecified atom stereocenters. The van der Waals surface area contributed by atoms with Crippen LogP contribution in [0, 0.1) is 0 Å². The van der Waals surface area contributed by atoms with Gasteiger partial charge in [-0.05, 0) is 72.6 Å². The summed E-state index contributed by atoms with van der Waals surface area (Å²) in [6.07, 6.45) is 0. The van der Waals surface area contributed by atoms with Gasteiger partial charge in [-0.15, -0.1) is 0 Å². The molecular formula is C44H28O. The second-order valence-corrected chi connectivity index (χ2v) is 11.3. The first-order valence-corrected chi connectivity index (χ1v) is 15.0. The van der Waals surface area contributed by atoms with Crippen LogP contribution in [-0.4, -0.2) is 0 Å². The molecule has 0 aliphatic rings. The summed E-state index contributed by atoms with van der Waals surface area (Å²) in [5, 5.41) is 6.38. The summed E-state index contributed by atoms with van der Waals surface area (Å²) in [6.45, 7) is 0. The summed E-state index contributed by atoms with van der Waals surface area (Å²) in [4.78, 5) is 0. The lowest BCUT2D eigenvalue weighted by atomic mass is 9.84. The van der Waals surface area contributed by atoms with Gasteiger partial charge in [0.2, 0.25) is 0 Å². The number of furan rings is 1. The van der Waals surface area contributed by atoms with Crippen LogP contribution >= 0.6 is 0 Å². The highest BCUT2D eigenvalue weighted by atomic mass is 16.3. The van der Waals surface area contributed by atoms with Crippen LogP contribution in [0.25, 0.3) is 88.0 Å². The molecule has 0 saturated carbocycles. The Bertz CT molecular complexity index is 2730. The van der Waals surface area contributed by atoms with E-state index in [-0.39, 0.29) is 29.7 Å². The summed E-state index contributed by atoms with van der Waals surface area (Å²) in [5.74, 6) is 0. The van der Waals surface area contributed by atoms with Gasteiger partial charge in [-0.1, -0.05) is 158 Å². The van der Waals surface area contributed by atoms with Gasteiger partial charge in [-0.25, -0.2) is 0 Å². The maximum Gasteiger partial charge on any atom is 0.143 e. The Morgan fingerprint density at radius 3 is 1.69 bits per heavy atom. The van der Waals surface area contributed by atoms with Gasteiger partial charge in [-0.2, -0.15) is 0 Å². The lowest BCUT2D eigenvalue weighted by Gasteiger charge is -2.18. The van der Waals surface area contributed by atoms with Crippen molar-refractivity contribution in [2.24, 2.45) is 0 Å². The van der Waals surface area contributed by atoms with E-state index in [1.54, 1.807) is 0 Å². The van der Waals surface area contributed by atoms with E-state index < -0.39 is 6.04 Å². The molecule has 0 radical (unpaired) electrons. The minimum absolute atomic E-state index is 0.191. The minimum Gasteiger partial charge on any atom is -0.455 e. The van der Waals surface area contributed by atoms with Crippen LogP contribution in [0.2, 0.25) is 0 Å². The highest BCUT2D eigenvalue weighted by Gasteiger charge is 2.21. The summed E-state index contributed by atoms with van der Waals surface area (Å²) in [7, 11) is 0. The number of benzene rings is 8. The molecule has 1 heterocycles. The van der Waals surface area contributed by atoms with Crippen molar-refractivity contribution in [2.45, 2.75) is 0 Å². The van der Waals surface area contributed by atoms with Crippen LogP contribution in [0.15, 0.2) is 174 Å². The average Bonchev–Trinajstić information content (AvgIpc) is 3.55. The van der Waals surface area contributed by atoms with Crippen LogP contribution in [0.1, 0.15) is 6.85 Å². The van der Waals surface area contributed by atoms with E-state index in [9.17, 15) is 0 Å². The van der Waals surface area contributed by atoms with Crippen molar-refractivity contribution in [3.8, 4) is 44.5 Å². The molecule has 0 atom stereocenters. The fourth-order valence-electron chi connectivity index (χ4n) is 6.86. The Balaban J connectivity index is 1.34. The normalized spacial score (nSPS) is 13.1. The third-order valence-corrected chi connectivity index (χ3v) is 8.75. The number of fused-ring (bicyclic) bond motifs is 5. The molecule has 0 N–H and O–H groups in total. The fraction of sp³-hybridized carbons (Fsp3) is 0. The third kappa shape index (κ3) is 4.09. The average molecular weight is 578 g/mol. The van der Waals surface area contributed by atoms with E-state index in [4.69, 9.17) is 11.3 Å². The first-order valence-electron chi connectivity index (χ1n) is 17.5. The maximum absolute atomic E-state index is 8.63. The highest BCUT2D eigenvalue weighted by molar-refractivity contribution is 6.26. The molecule has 1 heteroatoms. The van der Waals surface area contributed by atoms with E-state index in [1.807, 2.05) is 60.7 Å². The van der Waals surface area contributed by atoms with Crippen molar-refractivity contribution in [1.82, 2.24) is 0 Å². The zero-order chi connectivity index (χ0) is 34.1. The topological polar surface area (TPSA) is 13.1 Å². The van der Waals surface area contributed by atoms with E-state index >= 15 is 0 Å². The van der Waals surface area contributed by atoms with Gasteiger partial charge in [0, 0.05) is 16.3 Å². The van der Waals surface area contributed by atoms with Gasteiger partial charge in [0.25, 0.3) is 0 Å². The maximum atomic E-state index is 8.63. The quantitative estimate of drug-likeness (QED) is 0.190. The monoisotopic (exact) mass is 577 g/mol. The number of para-hydroxylation sites is 1. The SMILES string of the molecule is [2H]c1c([2H])c([2H])c(-c2cccc(-c3c4ccccc4c(-c4cccc5oc6c(-c7ccccc7)cccc6c45)c4ccccc34)c2)c([2H])c1[2H]. The van der Waals surface area contributed by atoms with Crippen LogP contribution < -0.4 is 0 Å². The number of hydrogen-bond acceptors (Lipinski definition) is 1. The summed E-state index contributed by atoms with van der Waals surface area (Å²) >= 11 is 0. The molecule has 9 rings (SSSR count). The molecule has 1 aromatic heterocycles. The second-order valence-electron chi connectivity index (χ2n) is 11.3. The number of hydrogen-bond donors (Lipinski definition) is 0. The van der Waals surface area contributed by atoms with Gasteiger partial charge in [0.05, 0.1) is 6.85 Å². The molecule has 0 saturated heterocycles. The Labute approximate surface area is 268 Å². The van der Waals surface area contributed by atoms with Gasteiger partial charge in [-0.3, -0.25) is 0 Å². The van der Waals surface area contributed by atoms with E-state index in [1.165, 1.54) is 0 Å². The molecular weight excluding hydrogens is 544 g/mol. The third-order valence-electron chi connectivity index (χ3n) is 8.75. The van der Waals surface area contributed by atoms with Crippen molar-refractivity contribution in [3.63, 3.8) is 0 Å². The molecule has 1 nitrogen and oxygen atoms in total. The van der Waals surface area contributed by atoms with Gasteiger partial charge in [0.1, 0.15) is 11.2 Å². The van der Waals surface area contributed by atoms with Crippen molar-refractivity contribution in [3.05, 3.63) is 170 Å². The fourth-order valence-corrected chi connectivity index (χ4v) is 6.86. The van der Waals surface area contributed by atoms with Gasteiger partial charge >= 0.3 is 0 Å². The lowest BCUT2D eigenvalue weighted by molar-refractivity contribution is 0.670. The molecule has 0 bridgehead atoms. The molecule has 0 aliphatic carbocycles. The Hall–Kier alpha value is -5.92. The predicted molar refractivity (Wildman–Crippen MR) is 190 cm³/mol. The predicted octanol–water partition coefficient (Wildman–Crippen LogP) is 12.6. The zero-order valence-electron chi connectivity index (χ0n) is 29.2. The first kappa shape index (κ1) is 20.9. The second kappa shape index (κ2) is 10.4. The van der Waals surface area contributed by atoms with Crippen LogP contribution in [0.5, 0.6) is 0 Å².